The molecule has 0 radical (unpaired) electrons. The summed E-state index contributed by atoms with van der Waals surface area (Å²) >= 11 is 11.2. The maximum Gasteiger partial charge on any atom is 0.175 e. The summed E-state index contributed by atoms with van der Waals surface area (Å²) in [5, 5.41) is 1.76. The van der Waals surface area contributed by atoms with E-state index in [-0.39, 0.29) is 0 Å². The molecule has 1 aliphatic heterocycles. The predicted octanol–water partition coefficient (Wildman–Crippen LogP) is 5.18. The molecule has 0 saturated carbocycles. The Hall–Kier alpha value is -1.17. The Morgan fingerprint density at radius 1 is 1.26 bits per heavy atom. The van der Waals surface area contributed by atoms with E-state index in [2.05, 4.69) is 20.9 Å². The topological polar surface area (TPSA) is 30.8 Å². The fourth-order valence-electron chi connectivity index (χ4n) is 2.23. The van der Waals surface area contributed by atoms with Gasteiger partial charge in [-0.3, -0.25) is 4.99 Å². The number of methoxy groups -OCH3 is 1. The lowest BCUT2D eigenvalue weighted by Crippen LogP contribution is -2.01. The van der Waals surface area contributed by atoms with Gasteiger partial charge in [0.05, 0.1) is 16.6 Å². The number of hydrogen-bond donors (Lipinski definition) is 0. The first-order valence-electron chi connectivity index (χ1n) is 7.10. The number of benzene rings is 2. The molecular weight excluding hydrogens is 398 g/mol. The van der Waals surface area contributed by atoms with E-state index in [1.807, 2.05) is 36.4 Å². The first-order chi connectivity index (χ1) is 11.2. The van der Waals surface area contributed by atoms with E-state index in [4.69, 9.17) is 21.1 Å². The highest BCUT2D eigenvalue weighted by Gasteiger charge is 2.17. The van der Waals surface area contributed by atoms with Crippen LogP contribution in [0.1, 0.15) is 11.1 Å². The van der Waals surface area contributed by atoms with Crippen LogP contribution in [0.25, 0.3) is 0 Å². The smallest absolute Gasteiger partial charge is 0.175 e. The van der Waals surface area contributed by atoms with Gasteiger partial charge in [-0.2, -0.15) is 0 Å². The van der Waals surface area contributed by atoms with Crippen molar-refractivity contribution in [3.8, 4) is 11.5 Å². The van der Waals surface area contributed by atoms with E-state index in [1.54, 1.807) is 18.9 Å². The molecule has 1 aliphatic rings. The molecule has 1 heterocycles. The minimum Gasteiger partial charge on any atom is -0.493 e. The quantitative estimate of drug-likeness (QED) is 0.677. The molecule has 2 aromatic carbocycles. The Morgan fingerprint density at radius 2 is 2.04 bits per heavy atom. The Bertz CT molecular complexity index is 734. The van der Waals surface area contributed by atoms with Crippen LogP contribution < -0.4 is 9.47 Å². The fraction of sp³-hybridized carbons (Fsp3) is 0.235. The molecule has 0 aromatic heterocycles. The first kappa shape index (κ1) is 16.7. The van der Waals surface area contributed by atoms with Crippen molar-refractivity contribution in [2.75, 3.05) is 19.4 Å². The van der Waals surface area contributed by atoms with Crippen molar-refractivity contribution in [3.63, 3.8) is 0 Å². The molecule has 120 valence electrons. The fourth-order valence-corrected chi connectivity index (χ4v) is 3.75. The molecule has 3 rings (SSSR count). The summed E-state index contributed by atoms with van der Waals surface area (Å²) in [7, 11) is 1.64. The Balaban J connectivity index is 1.82. The largest absolute Gasteiger partial charge is 0.493 e. The highest BCUT2D eigenvalue weighted by atomic mass is 79.9. The molecule has 0 unspecified atom stereocenters. The highest BCUT2D eigenvalue weighted by Crippen LogP contribution is 2.38. The van der Waals surface area contributed by atoms with Gasteiger partial charge in [-0.1, -0.05) is 23.7 Å². The molecule has 0 aliphatic carbocycles. The van der Waals surface area contributed by atoms with Gasteiger partial charge in [-0.25, -0.2) is 0 Å². The van der Waals surface area contributed by atoms with Gasteiger partial charge in [-0.05, 0) is 45.8 Å². The van der Waals surface area contributed by atoms with Gasteiger partial charge in [0.1, 0.15) is 6.61 Å². The lowest BCUT2D eigenvalue weighted by molar-refractivity contribution is 0.282. The van der Waals surface area contributed by atoms with Crippen LogP contribution in [0.3, 0.4) is 0 Å². The number of rotatable bonds is 5. The second kappa shape index (κ2) is 7.60. The molecule has 3 nitrogen and oxygen atoms in total. The average molecular weight is 413 g/mol. The summed E-state index contributed by atoms with van der Waals surface area (Å²) in [4.78, 5) is 4.50. The molecule has 0 spiro atoms. The summed E-state index contributed by atoms with van der Waals surface area (Å²) in [5.41, 5.74) is 2.10. The van der Waals surface area contributed by atoms with Crippen molar-refractivity contribution in [3.05, 3.63) is 57.0 Å². The Labute approximate surface area is 153 Å². The maximum absolute atomic E-state index is 5.94. The standard InChI is InChI=1S/C17H15BrClNO2S/c1-21-15-9-12(17-20-6-7-23-17)8-14(18)16(15)22-10-11-2-4-13(19)5-3-11/h2-5,8-9H,6-7,10H2,1H3. The van der Waals surface area contributed by atoms with E-state index >= 15 is 0 Å². The zero-order valence-corrected chi connectivity index (χ0v) is 15.7. The molecule has 2 aromatic rings. The number of thioether (sulfide) groups is 1. The molecule has 0 N–H and O–H groups in total. The van der Waals surface area contributed by atoms with Crippen LogP contribution in [0.15, 0.2) is 45.9 Å². The van der Waals surface area contributed by atoms with Gasteiger partial charge < -0.3 is 9.47 Å². The molecular formula is C17H15BrClNO2S. The SMILES string of the molecule is COc1cc(C2=NCCS2)cc(Br)c1OCc1ccc(Cl)cc1. The first-order valence-corrected chi connectivity index (χ1v) is 9.25. The van der Waals surface area contributed by atoms with E-state index in [0.29, 0.717) is 23.1 Å². The van der Waals surface area contributed by atoms with E-state index in [1.165, 1.54) is 0 Å². The zero-order chi connectivity index (χ0) is 16.2. The second-order valence-electron chi connectivity index (χ2n) is 4.94. The lowest BCUT2D eigenvalue weighted by Gasteiger charge is -2.14. The number of halogens is 2. The van der Waals surface area contributed by atoms with Crippen LogP contribution >= 0.6 is 39.3 Å². The Morgan fingerprint density at radius 3 is 2.70 bits per heavy atom. The number of aliphatic imine (C=N–C) groups is 1. The predicted molar refractivity (Wildman–Crippen MR) is 100 cm³/mol. The molecule has 23 heavy (non-hydrogen) atoms. The summed E-state index contributed by atoms with van der Waals surface area (Å²) < 4.78 is 12.3. The maximum atomic E-state index is 5.94. The van der Waals surface area contributed by atoms with Crippen molar-refractivity contribution in [2.24, 2.45) is 4.99 Å². The molecule has 0 saturated heterocycles. The van der Waals surface area contributed by atoms with Crippen LogP contribution in [0.4, 0.5) is 0 Å². The van der Waals surface area contributed by atoms with Crippen LogP contribution in [-0.2, 0) is 6.61 Å². The average Bonchev–Trinajstić information content (AvgIpc) is 3.09. The van der Waals surface area contributed by atoms with E-state index in [9.17, 15) is 0 Å². The van der Waals surface area contributed by atoms with Crippen molar-refractivity contribution < 1.29 is 9.47 Å². The lowest BCUT2D eigenvalue weighted by atomic mass is 10.2. The van der Waals surface area contributed by atoms with Crippen LogP contribution in [0, 0.1) is 0 Å². The second-order valence-corrected chi connectivity index (χ2v) is 7.31. The van der Waals surface area contributed by atoms with Crippen LogP contribution in [-0.4, -0.2) is 24.5 Å². The number of nitrogens with zero attached hydrogens (tertiary/aromatic N) is 1. The van der Waals surface area contributed by atoms with Crippen molar-refractivity contribution >= 4 is 44.3 Å². The third kappa shape index (κ3) is 4.03. The normalized spacial score (nSPS) is 13.8. The zero-order valence-electron chi connectivity index (χ0n) is 12.5. The number of ether oxygens (including phenoxy) is 2. The minimum absolute atomic E-state index is 0.446. The van der Waals surface area contributed by atoms with Crippen molar-refractivity contribution in [1.82, 2.24) is 0 Å². The number of hydrogen-bond acceptors (Lipinski definition) is 4. The van der Waals surface area contributed by atoms with Gasteiger partial charge in [0, 0.05) is 22.9 Å². The third-order valence-corrected chi connectivity index (χ3v) is 5.22. The van der Waals surface area contributed by atoms with Gasteiger partial charge in [0.15, 0.2) is 11.5 Å². The Kier molecular flexibility index (Phi) is 5.51. The molecule has 0 fully saturated rings. The van der Waals surface area contributed by atoms with E-state index in [0.717, 1.165) is 32.9 Å². The monoisotopic (exact) mass is 411 g/mol. The summed E-state index contributed by atoms with van der Waals surface area (Å²) in [6, 6.07) is 11.6. The van der Waals surface area contributed by atoms with Crippen molar-refractivity contribution in [2.45, 2.75) is 6.61 Å². The van der Waals surface area contributed by atoms with Gasteiger partial charge in [-0.15, -0.1) is 11.8 Å². The van der Waals surface area contributed by atoms with Gasteiger partial charge in [0.2, 0.25) is 0 Å². The van der Waals surface area contributed by atoms with Gasteiger partial charge in [0.25, 0.3) is 0 Å². The van der Waals surface area contributed by atoms with Gasteiger partial charge >= 0.3 is 0 Å². The highest BCUT2D eigenvalue weighted by molar-refractivity contribution is 9.10. The summed E-state index contributed by atoms with van der Waals surface area (Å²) in [5.74, 6) is 2.41. The third-order valence-electron chi connectivity index (χ3n) is 3.36. The van der Waals surface area contributed by atoms with Crippen LogP contribution in [0.2, 0.25) is 5.02 Å². The molecule has 0 amide bonds. The summed E-state index contributed by atoms with van der Waals surface area (Å²) in [6.45, 7) is 1.32. The molecule has 0 bridgehead atoms. The molecule has 6 heteroatoms. The van der Waals surface area contributed by atoms with Crippen LogP contribution in [0.5, 0.6) is 11.5 Å². The minimum atomic E-state index is 0.446. The summed E-state index contributed by atoms with van der Waals surface area (Å²) in [6.07, 6.45) is 0. The molecule has 0 atom stereocenters. The van der Waals surface area contributed by atoms with Crippen molar-refractivity contribution in [1.29, 1.82) is 0 Å². The van der Waals surface area contributed by atoms with E-state index < -0.39 is 0 Å².